The number of ether oxygens (including phenoxy) is 1. The normalized spacial score (nSPS) is 13.3. The van der Waals surface area contributed by atoms with Gasteiger partial charge in [-0.1, -0.05) is 24.3 Å². The monoisotopic (exact) mass is 346 g/mol. The lowest BCUT2D eigenvalue weighted by atomic mass is 10.0. The Morgan fingerprint density at radius 3 is 2.44 bits per heavy atom. The number of aliphatic hydroxyl groups is 1. The van der Waals surface area contributed by atoms with E-state index in [1.165, 1.54) is 0 Å². The maximum atomic E-state index is 11.9. The van der Waals surface area contributed by atoms with E-state index in [4.69, 9.17) is 9.15 Å². The average Bonchev–Trinajstić information content (AvgIpc) is 3.05. The molecule has 1 atom stereocenters. The first-order chi connectivity index (χ1) is 11.9. The molecule has 0 saturated heterocycles. The molecule has 2 amide bonds. The van der Waals surface area contributed by atoms with Crippen molar-refractivity contribution in [3.05, 3.63) is 59.0 Å². The van der Waals surface area contributed by atoms with Crippen LogP contribution in [0.25, 0.3) is 0 Å². The molecule has 0 aliphatic heterocycles. The van der Waals surface area contributed by atoms with Crippen LogP contribution in [-0.4, -0.2) is 24.3 Å². The Balaban J connectivity index is 1.76. The lowest BCUT2D eigenvalue weighted by molar-refractivity contribution is 0.0360. The lowest BCUT2D eigenvalue weighted by Crippen LogP contribution is -2.43. The molecule has 0 saturated carbocycles. The molecule has 2 rings (SSSR count). The van der Waals surface area contributed by atoms with Gasteiger partial charge in [-0.05, 0) is 44.0 Å². The van der Waals surface area contributed by atoms with Gasteiger partial charge in [0.25, 0.3) is 0 Å². The summed E-state index contributed by atoms with van der Waals surface area (Å²) in [6.07, 6.45) is 0. The molecule has 0 fully saturated rings. The minimum absolute atomic E-state index is 0.0546. The van der Waals surface area contributed by atoms with Gasteiger partial charge in [0.2, 0.25) is 0 Å². The topological polar surface area (TPSA) is 83.7 Å². The summed E-state index contributed by atoms with van der Waals surface area (Å²) in [5.74, 6) is 1.14. The van der Waals surface area contributed by atoms with Crippen molar-refractivity contribution in [1.29, 1.82) is 0 Å². The minimum Gasteiger partial charge on any atom is -0.463 e. The molecule has 1 unspecified atom stereocenters. The third-order valence-corrected chi connectivity index (χ3v) is 3.81. The summed E-state index contributed by atoms with van der Waals surface area (Å²) in [4.78, 5) is 11.9. The van der Waals surface area contributed by atoms with Crippen molar-refractivity contribution in [3.8, 4) is 0 Å². The zero-order valence-corrected chi connectivity index (χ0v) is 15.0. The van der Waals surface area contributed by atoms with Crippen LogP contribution >= 0.6 is 0 Å². The molecule has 0 aliphatic rings. The number of carbonyl (C=O) groups excluding carboxylic acids is 1. The third kappa shape index (κ3) is 5.92. The van der Waals surface area contributed by atoms with Crippen LogP contribution in [0.3, 0.4) is 0 Å². The zero-order valence-electron chi connectivity index (χ0n) is 15.0. The fourth-order valence-electron chi connectivity index (χ4n) is 2.28. The van der Waals surface area contributed by atoms with Crippen molar-refractivity contribution in [1.82, 2.24) is 10.6 Å². The number of hydrogen-bond acceptors (Lipinski definition) is 4. The molecule has 0 radical (unpaired) electrons. The van der Waals surface area contributed by atoms with Gasteiger partial charge in [-0.2, -0.15) is 0 Å². The van der Waals surface area contributed by atoms with Crippen LogP contribution in [0, 0.1) is 6.92 Å². The van der Waals surface area contributed by atoms with E-state index < -0.39 is 5.60 Å². The van der Waals surface area contributed by atoms with Crippen molar-refractivity contribution in [3.63, 3.8) is 0 Å². The number of amides is 2. The number of rotatable bonds is 8. The number of hydrogen-bond donors (Lipinski definition) is 3. The Morgan fingerprint density at radius 1 is 1.16 bits per heavy atom. The summed E-state index contributed by atoms with van der Waals surface area (Å²) in [6, 6.07) is 11.0. The first kappa shape index (κ1) is 19.0. The minimum atomic E-state index is -1.26. The van der Waals surface area contributed by atoms with Gasteiger partial charge < -0.3 is 24.9 Å². The summed E-state index contributed by atoms with van der Waals surface area (Å²) in [6.45, 7) is 7.10. The molecular formula is C19H26N2O4. The quantitative estimate of drug-likeness (QED) is 0.686. The van der Waals surface area contributed by atoms with Crippen LogP contribution in [-0.2, 0) is 23.5 Å². The Hall–Kier alpha value is -2.31. The predicted molar refractivity (Wildman–Crippen MR) is 95.0 cm³/mol. The molecule has 136 valence electrons. The van der Waals surface area contributed by atoms with Crippen LogP contribution in [0.5, 0.6) is 0 Å². The molecule has 6 heteroatoms. The second kappa shape index (κ2) is 8.69. The van der Waals surface area contributed by atoms with Crippen molar-refractivity contribution >= 4 is 6.03 Å². The van der Waals surface area contributed by atoms with E-state index >= 15 is 0 Å². The number of urea groups is 1. The highest BCUT2D eigenvalue weighted by molar-refractivity contribution is 5.73. The largest absolute Gasteiger partial charge is 0.463 e. The van der Waals surface area contributed by atoms with Gasteiger partial charge in [-0.15, -0.1) is 0 Å². The zero-order chi connectivity index (χ0) is 18.3. The first-order valence-corrected chi connectivity index (χ1v) is 8.37. The number of nitrogens with one attached hydrogen (secondary N) is 2. The van der Waals surface area contributed by atoms with Crippen LogP contribution in [0.2, 0.25) is 0 Å². The third-order valence-electron chi connectivity index (χ3n) is 3.81. The van der Waals surface area contributed by atoms with E-state index in [9.17, 15) is 9.90 Å². The van der Waals surface area contributed by atoms with Gasteiger partial charge in [0, 0.05) is 13.2 Å². The van der Waals surface area contributed by atoms with Gasteiger partial charge in [-0.25, -0.2) is 4.79 Å². The van der Waals surface area contributed by atoms with Crippen LogP contribution < -0.4 is 10.6 Å². The van der Waals surface area contributed by atoms with Crippen LogP contribution in [0.15, 0.2) is 40.8 Å². The molecular weight excluding hydrogens is 320 g/mol. The highest BCUT2D eigenvalue weighted by Crippen LogP contribution is 2.21. The summed E-state index contributed by atoms with van der Waals surface area (Å²) in [7, 11) is 0. The van der Waals surface area contributed by atoms with Crippen molar-refractivity contribution in [2.75, 3.05) is 13.2 Å². The molecule has 25 heavy (non-hydrogen) atoms. The van der Waals surface area contributed by atoms with E-state index in [0.717, 1.165) is 11.1 Å². The second-order valence-electron chi connectivity index (χ2n) is 6.17. The number of furan rings is 1. The Bertz CT molecular complexity index is 677. The highest BCUT2D eigenvalue weighted by Gasteiger charge is 2.27. The Kier molecular flexibility index (Phi) is 6.61. The molecule has 1 aromatic heterocycles. The number of aryl methyl sites for hydroxylation is 1. The Labute approximate surface area is 148 Å². The number of carbonyl (C=O) groups is 1. The average molecular weight is 346 g/mol. The van der Waals surface area contributed by atoms with Gasteiger partial charge in [0.1, 0.15) is 17.1 Å². The molecule has 2 aromatic rings. The summed E-state index contributed by atoms with van der Waals surface area (Å²) >= 11 is 0. The predicted octanol–water partition coefficient (Wildman–Crippen LogP) is 2.83. The fourth-order valence-corrected chi connectivity index (χ4v) is 2.28. The van der Waals surface area contributed by atoms with Gasteiger partial charge in [0.05, 0.1) is 13.2 Å². The van der Waals surface area contributed by atoms with E-state index in [1.54, 1.807) is 26.0 Å². The smallest absolute Gasteiger partial charge is 0.315 e. The van der Waals surface area contributed by atoms with Crippen LogP contribution in [0.4, 0.5) is 4.79 Å². The Morgan fingerprint density at radius 2 is 1.84 bits per heavy atom. The fraction of sp³-hybridized carbons (Fsp3) is 0.421. The maximum absolute atomic E-state index is 11.9. The number of benzene rings is 1. The van der Waals surface area contributed by atoms with Gasteiger partial charge in [-0.3, -0.25) is 0 Å². The summed E-state index contributed by atoms with van der Waals surface area (Å²) in [5.41, 5.74) is 0.829. The van der Waals surface area contributed by atoms with Crippen molar-refractivity contribution < 1.29 is 19.1 Å². The van der Waals surface area contributed by atoms with E-state index in [1.807, 2.05) is 31.2 Å². The molecule has 1 heterocycles. The van der Waals surface area contributed by atoms with Crippen molar-refractivity contribution in [2.45, 2.75) is 39.5 Å². The highest BCUT2D eigenvalue weighted by atomic mass is 16.5. The molecule has 6 nitrogen and oxygen atoms in total. The lowest BCUT2D eigenvalue weighted by Gasteiger charge is -2.21. The standard InChI is InChI=1S/C19H26N2O4/c1-4-24-12-16-8-6-15(7-9-16)11-20-18(22)21-13-19(3,23)17-10-5-14(2)25-17/h5-10,23H,4,11-13H2,1-3H3,(H2,20,21,22). The summed E-state index contributed by atoms with van der Waals surface area (Å²) in [5, 5.41) is 15.8. The summed E-state index contributed by atoms with van der Waals surface area (Å²) < 4.78 is 10.8. The molecule has 0 aliphatic carbocycles. The van der Waals surface area contributed by atoms with E-state index in [2.05, 4.69) is 10.6 Å². The van der Waals surface area contributed by atoms with E-state index in [-0.39, 0.29) is 12.6 Å². The van der Waals surface area contributed by atoms with Gasteiger partial charge in [0.15, 0.2) is 0 Å². The van der Waals surface area contributed by atoms with Crippen LogP contribution in [0.1, 0.15) is 36.5 Å². The molecule has 0 spiro atoms. The molecule has 1 aromatic carbocycles. The van der Waals surface area contributed by atoms with E-state index in [0.29, 0.717) is 31.3 Å². The molecule has 0 bridgehead atoms. The van der Waals surface area contributed by atoms with Gasteiger partial charge >= 0.3 is 6.03 Å². The second-order valence-corrected chi connectivity index (χ2v) is 6.17. The first-order valence-electron chi connectivity index (χ1n) is 8.37. The maximum Gasteiger partial charge on any atom is 0.315 e. The molecule has 3 N–H and O–H groups in total. The van der Waals surface area contributed by atoms with Crippen molar-refractivity contribution in [2.24, 2.45) is 0 Å². The SMILES string of the molecule is CCOCc1ccc(CNC(=O)NCC(C)(O)c2ccc(C)o2)cc1.